The van der Waals surface area contributed by atoms with Gasteiger partial charge in [0.15, 0.2) is 11.6 Å². The summed E-state index contributed by atoms with van der Waals surface area (Å²) in [6, 6.07) is 7.11. The van der Waals surface area contributed by atoms with Crippen LogP contribution in [0.15, 0.2) is 30.3 Å². The molecule has 140 valence electrons. The number of amides is 2. The van der Waals surface area contributed by atoms with Crippen LogP contribution in [0.2, 0.25) is 5.02 Å². The number of fused-ring (bicyclic) bond motifs is 1. The Morgan fingerprint density at radius 2 is 2.04 bits per heavy atom. The van der Waals surface area contributed by atoms with Gasteiger partial charge in [-0.15, -0.1) is 11.3 Å². The number of imide groups is 1. The van der Waals surface area contributed by atoms with E-state index in [-0.39, 0.29) is 12.4 Å². The molecular formula is C17H11ClF2N2O4S. The number of nitrogens with zero attached hydrogens (tertiary/aromatic N) is 1. The summed E-state index contributed by atoms with van der Waals surface area (Å²) in [4.78, 5) is 27.3. The molecule has 2 amide bonds. The number of carbonyl (C=O) groups is 2. The fourth-order valence-electron chi connectivity index (χ4n) is 2.21. The van der Waals surface area contributed by atoms with Crippen LogP contribution in [-0.2, 0) is 11.3 Å². The third-order valence-corrected chi connectivity index (χ3v) is 4.67. The first-order valence-electron chi connectivity index (χ1n) is 7.44. The molecule has 0 bridgehead atoms. The van der Waals surface area contributed by atoms with Crippen molar-refractivity contribution < 1.29 is 27.8 Å². The zero-order valence-electron chi connectivity index (χ0n) is 13.7. The van der Waals surface area contributed by atoms with E-state index in [1.165, 1.54) is 11.3 Å². The second kappa shape index (κ2) is 7.85. The zero-order valence-corrected chi connectivity index (χ0v) is 15.3. The van der Waals surface area contributed by atoms with E-state index in [1.54, 1.807) is 23.5 Å². The lowest BCUT2D eigenvalue weighted by Gasteiger charge is -2.10. The average Bonchev–Trinajstić information content (AvgIpc) is 3.02. The number of halogens is 3. The summed E-state index contributed by atoms with van der Waals surface area (Å²) in [6.45, 7) is -0.0996. The van der Waals surface area contributed by atoms with Crippen molar-refractivity contribution in [1.29, 1.82) is 0 Å². The molecule has 0 aliphatic carbocycles. The highest BCUT2D eigenvalue weighted by Gasteiger charge is 2.23. The fraction of sp³-hybridized carbons (Fsp3) is 0.118. The van der Waals surface area contributed by atoms with Gasteiger partial charge in [-0.2, -0.15) is 0 Å². The van der Waals surface area contributed by atoms with Crippen LogP contribution in [0.5, 0.6) is 5.75 Å². The predicted molar refractivity (Wildman–Crippen MR) is 95.2 cm³/mol. The Hall–Kier alpha value is -2.78. The molecule has 10 heteroatoms. The van der Waals surface area contributed by atoms with Gasteiger partial charge in [0, 0.05) is 5.02 Å². The van der Waals surface area contributed by atoms with Crippen molar-refractivity contribution in [3.63, 3.8) is 0 Å². The molecule has 2 aromatic carbocycles. The minimum Gasteiger partial charge on any atom is -0.483 e. The zero-order chi connectivity index (χ0) is 19.6. The van der Waals surface area contributed by atoms with Crippen LogP contribution in [0.4, 0.5) is 13.6 Å². The summed E-state index contributed by atoms with van der Waals surface area (Å²) in [5, 5.41) is 2.77. The number of hydrogen-bond acceptors (Lipinski definition) is 6. The van der Waals surface area contributed by atoms with Gasteiger partial charge in [0.05, 0.1) is 17.3 Å². The van der Waals surface area contributed by atoms with E-state index in [1.807, 2.05) is 0 Å². The molecule has 0 atom stereocenters. The maximum atomic E-state index is 14.5. The van der Waals surface area contributed by atoms with Crippen molar-refractivity contribution >= 4 is 45.2 Å². The van der Waals surface area contributed by atoms with Crippen LogP contribution in [-0.4, -0.2) is 24.1 Å². The fourth-order valence-corrected chi connectivity index (χ4v) is 3.24. The van der Waals surface area contributed by atoms with E-state index in [4.69, 9.17) is 16.3 Å². The lowest BCUT2D eigenvalue weighted by molar-refractivity contribution is 0.0927. The van der Waals surface area contributed by atoms with Gasteiger partial charge >= 0.3 is 6.09 Å². The first kappa shape index (κ1) is 19.0. The second-order valence-electron chi connectivity index (χ2n) is 5.19. The summed E-state index contributed by atoms with van der Waals surface area (Å²) in [5.41, 5.74) is -0.280. The second-order valence-corrected chi connectivity index (χ2v) is 6.74. The Balaban J connectivity index is 1.81. The molecule has 3 aromatic rings. The third-order valence-electron chi connectivity index (χ3n) is 3.43. The van der Waals surface area contributed by atoms with Crippen LogP contribution in [0, 0.1) is 11.6 Å². The van der Waals surface area contributed by atoms with Crippen LogP contribution in [0.1, 0.15) is 15.4 Å². The Morgan fingerprint density at radius 3 is 2.78 bits per heavy atom. The number of methoxy groups -OCH3 is 1. The summed E-state index contributed by atoms with van der Waals surface area (Å²) in [6.07, 6.45) is -1.14. The lowest BCUT2D eigenvalue weighted by atomic mass is 10.1. The standard InChI is InChI=1S/C17H11ClF2N2O4S/c1-25-17(24)22-16(23)14-9(19)3-4-11(15(14)20)26-7-13-21-10-6-8(18)2-5-12(10)27-13/h2-6H,7H2,1H3,(H,22,23,24). The topological polar surface area (TPSA) is 77.5 Å². The molecule has 0 aliphatic rings. The summed E-state index contributed by atoms with van der Waals surface area (Å²) >= 11 is 7.23. The van der Waals surface area contributed by atoms with Gasteiger partial charge in [-0.05, 0) is 30.3 Å². The minimum absolute atomic E-state index is 0.0996. The predicted octanol–water partition coefficient (Wildman–Crippen LogP) is 4.30. The van der Waals surface area contributed by atoms with E-state index in [2.05, 4.69) is 9.72 Å². The van der Waals surface area contributed by atoms with Gasteiger partial charge in [0.2, 0.25) is 0 Å². The minimum atomic E-state index is -1.28. The molecule has 6 nitrogen and oxygen atoms in total. The maximum Gasteiger partial charge on any atom is 0.413 e. The Kier molecular flexibility index (Phi) is 5.52. The molecule has 3 rings (SSSR count). The number of rotatable bonds is 4. The smallest absolute Gasteiger partial charge is 0.413 e. The molecule has 0 fully saturated rings. The highest BCUT2D eigenvalue weighted by Crippen LogP contribution is 2.28. The van der Waals surface area contributed by atoms with Crippen LogP contribution >= 0.6 is 22.9 Å². The molecule has 0 unspecified atom stereocenters. The SMILES string of the molecule is COC(=O)NC(=O)c1c(F)ccc(OCc2nc3cc(Cl)ccc3s2)c1F. The van der Waals surface area contributed by atoms with Crippen LogP contribution in [0.3, 0.4) is 0 Å². The normalized spacial score (nSPS) is 10.7. The number of hydrogen-bond donors (Lipinski definition) is 1. The molecule has 1 N–H and O–H groups in total. The molecule has 1 heterocycles. The summed E-state index contributed by atoms with van der Waals surface area (Å²) in [5.74, 6) is -4.02. The Morgan fingerprint density at radius 1 is 1.26 bits per heavy atom. The van der Waals surface area contributed by atoms with E-state index < -0.39 is 29.2 Å². The van der Waals surface area contributed by atoms with Crippen LogP contribution in [0.25, 0.3) is 10.2 Å². The molecule has 0 saturated carbocycles. The van der Waals surface area contributed by atoms with E-state index in [9.17, 15) is 18.4 Å². The highest BCUT2D eigenvalue weighted by atomic mass is 35.5. The number of ether oxygens (including phenoxy) is 2. The van der Waals surface area contributed by atoms with E-state index in [0.717, 1.165) is 23.9 Å². The van der Waals surface area contributed by atoms with Crippen molar-refractivity contribution in [2.45, 2.75) is 6.61 Å². The first-order valence-corrected chi connectivity index (χ1v) is 8.63. The number of alkyl carbamates (subject to hydrolysis) is 1. The Bertz CT molecular complexity index is 1040. The maximum absolute atomic E-state index is 14.5. The molecule has 0 radical (unpaired) electrons. The van der Waals surface area contributed by atoms with Crippen molar-refractivity contribution in [2.24, 2.45) is 0 Å². The number of thiazole rings is 1. The monoisotopic (exact) mass is 412 g/mol. The van der Waals surface area contributed by atoms with Crippen molar-refractivity contribution in [3.05, 3.63) is 57.6 Å². The number of carbonyl (C=O) groups excluding carboxylic acids is 2. The lowest BCUT2D eigenvalue weighted by Crippen LogP contribution is -2.31. The first-order chi connectivity index (χ1) is 12.9. The molecule has 0 spiro atoms. The number of nitrogens with one attached hydrogen (secondary N) is 1. The van der Waals surface area contributed by atoms with E-state index in [0.29, 0.717) is 15.5 Å². The van der Waals surface area contributed by atoms with E-state index >= 15 is 0 Å². The summed E-state index contributed by atoms with van der Waals surface area (Å²) < 4.78 is 38.8. The van der Waals surface area contributed by atoms with Crippen molar-refractivity contribution in [2.75, 3.05) is 7.11 Å². The number of benzene rings is 2. The highest BCUT2D eigenvalue weighted by molar-refractivity contribution is 7.18. The molecule has 27 heavy (non-hydrogen) atoms. The average molecular weight is 413 g/mol. The molecule has 1 aromatic heterocycles. The third kappa shape index (κ3) is 4.15. The van der Waals surface area contributed by atoms with Crippen molar-refractivity contribution in [3.8, 4) is 5.75 Å². The van der Waals surface area contributed by atoms with Gasteiger partial charge in [0.25, 0.3) is 5.91 Å². The van der Waals surface area contributed by atoms with Crippen molar-refractivity contribution in [1.82, 2.24) is 10.3 Å². The number of aromatic nitrogens is 1. The van der Waals surface area contributed by atoms with Gasteiger partial charge in [-0.3, -0.25) is 10.1 Å². The molecular weight excluding hydrogens is 402 g/mol. The molecule has 0 saturated heterocycles. The largest absolute Gasteiger partial charge is 0.483 e. The quantitative estimate of drug-likeness (QED) is 0.691. The van der Waals surface area contributed by atoms with Gasteiger partial charge in [-0.25, -0.2) is 18.6 Å². The van der Waals surface area contributed by atoms with Gasteiger partial charge in [-0.1, -0.05) is 11.6 Å². The van der Waals surface area contributed by atoms with Crippen LogP contribution < -0.4 is 10.1 Å². The summed E-state index contributed by atoms with van der Waals surface area (Å²) in [7, 11) is 1.01. The van der Waals surface area contributed by atoms with Gasteiger partial charge < -0.3 is 9.47 Å². The van der Waals surface area contributed by atoms with Gasteiger partial charge in [0.1, 0.15) is 23.0 Å². The molecule has 0 aliphatic heterocycles. The Labute approximate surface area is 160 Å².